The fraction of sp³-hybridized carbons (Fsp3) is 0.484. The molecule has 2 aromatic rings. The van der Waals surface area contributed by atoms with Gasteiger partial charge >= 0.3 is 0 Å². The zero-order chi connectivity index (χ0) is 28.2. The normalized spacial score (nSPS) is 27.0. The predicted octanol–water partition coefficient (Wildman–Crippen LogP) is 4.49. The Bertz CT molecular complexity index is 1200. The molecular weight excluding hydrogens is 496 g/mol. The molecular formula is C31H40O6Si. The molecule has 1 aliphatic carbocycles. The molecule has 1 heterocycles. The number of hydrogen-bond acceptors (Lipinski definition) is 6. The third kappa shape index (κ3) is 4.25. The Morgan fingerprint density at radius 2 is 1.34 bits per heavy atom. The van der Waals surface area contributed by atoms with Crippen LogP contribution in [0.2, 0.25) is 5.04 Å². The van der Waals surface area contributed by atoms with E-state index in [1.54, 1.807) is 40.7 Å². The highest BCUT2D eigenvalue weighted by molar-refractivity contribution is 6.99. The molecule has 1 saturated carbocycles. The number of Topliss-reactive ketones (excluding diaryl/α,β-unsaturated/α-hetero) is 2. The van der Waals surface area contributed by atoms with E-state index >= 15 is 0 Å². The molecule has 38 heavy (non-hydrogen) atoms. The van der Waals surface area contributed by atoms with Crippen molar-refractivity contribution >= 4 is 30.3 Å². The van der Waals surface area contributed by atoms with Crippen LogP contribution in [0.1, 0.15) is 61.8 Å². The Kier molecular flexibility index (Phi) is 7.03. The summed E-state index contributed by atoms with van der Waals surface area (Å²) in [5.41, 5.74) is -3.64. The molecule has 0 saturated heterocycles. The van der Waals surface area contributed by atoms with Crippen molar-refractivity contribution in [3.8, 4) is 0 Å². The van der Waals surface area contributed by atoms with Crippen molar-refractivity contribution in [2.45, 2.75) is 78.2 Å². The molecule has 6 nitrogen and oxygen atoms in total. The van der Waals surface area contributed by atoms with Gasteiger partial charge in [-0.15, -0.1) is 0 Å². The van der Waals surface area contributed by atoms with Gasteiger partial charge in [0, 0.05) is 13.0 Å². The van der Waals surface area contributed by atoms with Gasteiger partial charge in [-0.2, -0.15) is 4.89 Å². The van der Waals surface area contributed by atoms with E-state index in [0.29, 0.717) is 13.0 Å². The Morgan fingerprint density at radius 3 is 1.82 bits per heavy atom. The maximum absolute atomic E-state index is 13.4. The van der Waals surface area contributed by atoms with Crippen LogP contribution in [0.25, 0.3) is 0 Å². The second-order valence-corrected chi connectivity index (χ2v) is 17.2. The number of carbonyl (C=O) groups is 2. The minimum Gasteiger partial charge on any atom is -0.407 e. The van der Waals surface area contributed by atoms with Gasteiger partial charge in [-0.3, -0.25) is 9.59 Å². The Labute approximate surface area is 227 Å². The second-order valence-electron chi connectivity index (χ2n) is 12.9. The van der Waals surface area contributed by atoms with Crippen molar-refractivity contribution < 1.29 is 28.9 Å². The SMILES string of the molecule is CC1(C)C(=O)C2=C[C@](C)(CCO[Si](c3ccccc3)(c3ccccc3)C(C)(C)C)OO[C@@]2(O)C(C)(C)C1=O. The third-order valence-corrected chi connectivity index (χ3v) is 13.3. The number of carbonyl (C=O) groups excluding carboxylic acids is 2. The summed E-state index contributed by atoms with van der Waals surface area (Å²) < 4.78 is 6.99. The first-order chi connectivity index (χ1) is 17.5. The van der Waals surface area contributed by atoms with Gasteiger partial charge < -0.3 is 9.53 Å². The molecule has 0 amide bonds. The zero-order valence-corrected chi connectivity index (χ0v) is 24.8. The van der Waals surface area contributed by atoms with Crippen molar-refractivity contribution in [1.29, 1.82) is 0 Å². The number of aliphatic hydroxyl groups is 1. The largest absolute Gasteiger partial charge is 0.407 e. The minimum absolute atomic E-state index is 0.0614. The standard InChI is InChI=1S/C31H40O6Si/c1-27(2,3)38(22-15-11-9-12-16-22,23-17-13-10-14-18-23)35-20-19-30(8)21-24-25(32)28(4,5)26(33)29(6,7)31(24,34)37-36-30/h9-18,21,34H,19-20H2,1-8H3/t30-,31+/m0/s1. The van der Waals surface area contributed by atoms with E-state index in [9.17, 15) is 14.7 Å². The lowest BCUT2D eigenvalue weighted by Gasteiger charge is -2.52. The second kappa shape index (κ2) is 9.35. The molecule has 2 atom stereocenters. The molecule has 2 aliphatic rings. The molecule has 7 heteroatoms. The highest BCUT2D eigenvalue weighted by Gasteiger charge is 2.67. The average molecular weight is 537 g/mol. The van der Waals surface area contributed by atoms with E-state index in [0.717, 1.165) is 0 Å². The fourth-order valence-corrected chi connectivity index (χ4v) is 10.5. The van der Waals surface area contributed by atoms with Crippen LogP contribution in [-0.2, 0) is 23.8 Å². The molecule has 0 spiro atoms. The molecule has 1 fully saturated rings. The van der Waals surface area contributed by atoms with Gasteiger partial charge in [0.1, 0.15) is 5.60 Å². The number of ketones is 2. The van der Waals surface area contributed by atoms with Crippen LogP contribution in [0.15, 0.2) is 72.3 Å². The van der Waals surface area contributed by atoms with Gasteiger partial charge in [0.15, 0.2) is 11.6 Å². The first kappa shape index (κ1) is 28.6. The highest BCUT2D eigenvalue weighted by atomic mass is 28.4. The Balaban J connectivity index is 1.69. The number of rotatable bonds is 6. The zero-order valence-electron chi connectivity index (χ0n) is 23.8. The molecule has 1 N–H and O–H groups in total. The van der Waals surface area contributed by atoms with Crippen LogP contribution in [0.3, 0.4) is 0 Å². The highest BCUT2D eigenvalue weighted by Crippen LogP contribution is 2.53. The topological polar surface area (TPSA) is 82.1 Å². The van der Waals surface area contributed by atoms with Crippen LogP contribution in [0, 0.1) is 10.8 Å². The summed E-state index contributed by atoms with van der Waals surface area (Å²) in [6.07, 6.45) is 2.00. The third-order valence-electron chi connectivity index (χ3n) is 8.30. The van der Waals surface area contributed by atoms with Crippen LogP contribution in [-0.4, -0.2) is 43.0 Å². The van der Waals surface area contributed by atoms with Crippen molar-refractivity contribution in [2.24, 2.45) is 10.8 Å². The van der Waals surface area contributed by atoms with E-state index in [4.69, 9.17) is 14.2 Å². The van der Waals surface area contributed by atoms with E-state index in [2.05, 4.69) is 45.0 Å². The van der Waals surface area contributed by atoms with Crippen molar-refractivity contribution in [3.05, 3.63) is 72.3 Å². The summed E-state index contributed by atoms with van der Waals surface area (Å²) in [4.78, 5) is 37.8. The van der Waals surface area contributed by atoms with Gasteiger partial charge in [-0.05, 0) is 56.1 Å². The summed E-state index contributed by atoms with van der Waals surface area (Å²) >= 11 is 0. The maximum atomic E-state index is 13.4. The smallest absolute Gasteiger partial charge is 0.261 e. The minimum atomic E-state index is -2.76. The van der Waals surface area contributed by atoms with Crippen molar-refractivity contribution in [1.82, 2.24) is 0 Å². The number of benzene rings is 2. The van der Waals surface area contributed by atoms with E-state index in [-0.39, 0.29) is 10.6 Å². The summed E-state index contributed by atoms with van der Waals surface area (Å²) in [5.74, 6) is -3.00. The molecule has 0 aromatic heterocycles. The van der Waals surface area contributed by atoms with Crippen LogP contribution in [0.4, 0.5) is 0 Å². The van der Waals surface area contributed by atoms with Gasteiger partial charge in [0.05, 0.1) is 16.4 Å². The van der Waals surface area contributed by atoms with Gasteiger partial charge in [-0.25, -0.2) is 4.89 Å². The first-order valence-corrected chi connectivity index (χ1v) is 15.1. The van der Waals surface area contributed by atoms with E-state index in [1.807, 2.05) is 36.4 Å². The van der Waals surface area contributed by atoms with Crippen LogP contribution in [0.5, 0.6) is 0 Å². The average Bonchev–Trinajstić information content (AvgIpc) is 2.87. The van der Waals surface area contributed by atoms with E-state index < -0.39 is 42.1 Å². The summed E-state index contributed by atoms with van der Waals surface area (Å²) in [6.45, 7) is 15.1. The van der Waals surface area contributed by atoms with Crippen LogP contribution >= 0.6 is 0 Å². The predicted molar refractivity (Wildman–Crippen MR) is 149 cm³/mol. The van der Waals surface area contributed by atoms with Crippen LogP contribution < -0.4 is 10.4 Å². The quantitative estimate of drug-likeness (QED) is 0.333. The molecule has 2 aromatic carbocycles. The van der Waals surface area contributed by atoms with E-state index in [1.165, 1.54) is 10.4 Å². The van der Waals surface area contributed by atoms with Gasteiger partial charge in [0.25, 0.3) is 8.32 Å². The lowest BCUT2D eigenvalue weighted by atomic mass is 9.57. The number of fused-ring (bicyclic) bond motifs is 1. The summed E-state index contributed by atoms with van der Waals surface area (Å²) in [7, 11) is -2.76. The molecule has 0 bridgehead atoms. The Hall–Kier alpha value is -2.42. The molecule has 0 unspecified atom stereocenters. The monoisotopic (exact) mass is 536 g/mol. The number of hydrogen-bond donors (Lipinski definition) is 1. The van der Waals surface area contributed by atoms with Crippen molar-refractivity contribution in [2.75, 3.05) is 6.61 Å². The lowest BCUT2D eigenvalue weighted by molar-refractivity contribution is -0.465. The maximum Gasteiger partial charge on any atom is 0.261 e. The molecule has 0 radical (unpaired) electrons. The molecule has 204 valence electrons. The first-order valence-electron chi connectivity index (χ1n) is 13.2. The summed E-state index contributed by atoms with van der Waals surface area (Å²) in [6, 6.07) is 20.7. The van der Waals surface area contributed by atoms with Crippen molar-refractivity contribution in [3.63, 3.8) is 0 Å². The lowest BCUT2D eigenvalue weighted by Crippen LogP contribution is -2.67. The van der Waals surface area contributed by atoms with Gasteiger partial charge in [0.2, 0.25) is 5.79 Å². The Morgan fingerprint density at radius 1 is 0.842 bits per heavy atom. The molecule has 1 aliphatic heterocycles. The fourth-order valence-electron chi connectivity index (χ4n) is 5.94. The van der Waals surface area contributed by atoms with Gasteiger partial charge in [-0.1, -0.05) is 81.4 Å². The molecule has 4 rings (SSSR count). The summed E-state index contributed by atoms with van der Waals surface area (Å²) in [5, 5.41) is 13.6.